The van der Waals surface area contributed by atoms with Crippen LogP contribution in [0.2, 0.25) is 0 Å². The Morgan fingerprint density at radius 2 is 2.43 bits per heavy atom. The number of nitrogens with two attached hydrogens (primary N) is 1. The molecule has 0 heterocycles. The van der Waals surface area contributed by atoms with Crippen molar-refractivity contribution < 1.29 is 0 Å². The van der Waals surface area contributed by atoms with Crippen molar-refractivity contribution in [3.8, 4) is 0 Å². The van der Waals surface area contributed by atoms with E-state index in [-0.39, 0.29) is 0 Å². The summed E-state index contributed by atoms with van der Waals surface area (Å²) in [6.45, 7) is 2.74. The van der Waals surface area contributed by atoms with E-state index in [4.69, 9.17) is 5.73 Å². The van der Waals surface area contributed by atoms with Crippen molar-refractivity contribution in [2.45, 2.75) is 13.0 Å². The van der Waals surface area contributed by atoms with Gasteiger partial charge in [-0.05, 0) is 13.1 Å². The van der Waals surface area contributed by atoms with E-state index in [0.717, 1.165) is 6.17 Å². The molecule has 41 valence electrons. The van der Waals surface area contributed by atoms with Crippen LogP contribution in [0.15, 0.2) is 0 Å². The SMILES string of the molecule is CC(CN)NC[Si]. The predicted octanol–water partition coefficient (Wildman–Crippen LogP) is -0.951. The van der Waals surface area contributed by atoms with Crippen LogP contribution >= 0.6 is 0 Å². The molecule has 3 N–H and O–H groups in total. The molecular weight excluding hydrogens is 104 g/mol. The lowest BCUT2D eigenvalue weighted by atomic mass is 10.4. The lowest BCUT2D eigenvalue weighted by molar-refractivity contribution is 0.608. The van der Waals surface area contributed by atoms with Crippen molar-refractivity contribution in [1.82, 2.24) is 5.32 Å². The van der Waals surface area contributed by atoms with Crippen LogP contribution < -0.4 is 11.1 Å². The minimum absolute atomic E-state index is 0.428. The average Bonchev–Trinajstić information content (AvgIpc) is 1.68. The first-order valence-corrected chi connectivity index (χ1v) is 3.10. The van der Waals surface area contributed by atoms with Crippen LogP contribution in [0.1, 0.15) is 6.92 Å². The van der Waals surface area contributed by atoms with Gasteiger partial charge in [0.15, 0.2) is 0 Å². The zero-order valence-corrected chi connectivity index (χ0v) is 5.57. The van der Waals surface area contributed by atoms with Crippen LogP contribution in [-0.2, 0) is 0 Å². The third-order valence-electron chi connectivity index (χ3n) is 0.804. The highest BCUT2D eigenvalue weighted by Gasteiger charge is 1.90. The first-order valence-electron chi connectivity index (χ1n) is 2.39. The standard InChI is InChI=1S/C4H11N2Si/c1-4(2-5)6-3-7/h4,6H,2-3,5H2,1H3. The van der Waals surface area contributed by atoms with Crippen molar-refractivity contribution in [2.75, 3.05) is 12.7 Å². The summed E-state index contributed by atoms with van der Waals surface area (Å²) < 4.78 is 0. The second-order valence-corrected chi connectivity index (χ2v) is 1.87. The molecule has 0 aliphatic carbocycles. The van der Waals surface area contributed by atoms with Gasteiger partial charge in [0.05, 0.1) is 0 Å². The van der Waals surface area contributed by atoms with Gasteiger partial charge in [-0.25, -0.2) is 0 Å². The Bertz CT molecular complexity index is 40.7. The lowest BCUT2D eigenvalue weighted by Crippen LogP contribution is -2.33. The zero-order valence-electron chi connectivity index (χ0n) is 4.57. The minimum atomic E-state index is 0.428. The second-order valence-electron chi connectivity index (χ2n) is 1.52. The molecule has 3 radical (unpaired) electrons. The molecule has 0 aliphatic heterocycles. The molecular formula is C4H11N2Si. The van der Waals surface area contributed by atoms with E-state index in [2.05, 4.69) is 15.6 Å². The number of hydrogen-bond acceptors (Lipinski definition) is 2. The van der Waals surface area contributed by atoms with Gasteiger partial charge >= 0.3 is 0 Å². The molecule has 7 heavy (non-hydrogen) atoms. The van der Waals surface area contributed by atoms with Gasteiger partial charge in [-0.15, -0.1) is 0 Å². The molecule has 0 fully saturated rings. The minimum Gasteiger partial charge on any atom is -0.329 e. The third kappa shape index (κ3) is 3.98. The van der Waals surface area contributed by atoms with E-state index in [0.29, 0.717) is 12.6 Å². The fourth-order valence-electron chi connectivity index (χ4n) is 0.258. The largest absolute Gasteiger partial charge is 0.329 e. The monoisotopic (exact) mass is 115 g/mol. The highest BCUT2D eigenvalue weighted by atomic mass is 28.1. The molecule has 0 aliphatic rings. The Labute approximate surface area is 47.9 Å². The van der Waals surface area contributed by atoms with Crippen molar-refractivity contribution in [3.05, 3.63) is 0 Å². The third-order valence-corrected chi connectivity index (χ3v) is 1.01. The van der Waals surface area contributed by atoms with E-state index in [9.17, 15) is 0 Å². The number of nitrogens with one attached hydrogen (secondary N) is 1. The first-order chi connectivity index (χ1) is 3.31. The van der Waals surface area contributed by atoms with Gasteiger partial charge in [0.25, 0.3) is 0 Å². The molecule has 0 saturated carbocycles. The molecule has 0 saturated heterocycles. The predicted molar refractivity (Wildman–Crippen MR) is 32.3 cm³/mol. The van der Waals surface area contributed by atoms with Gasteiger partial charge < -0.3 is 11.1 Å². The topological polar surface area (TPSA) is 38.0 Å². The molecule has 0 spiro atoms. The van der Waals surface area contributed by atoms with E-state index in [1.807, 2.05) is 6.92 Å². The fourth-order valence-corrected chi connectivity index (χ4v) is 0.606. The smallest absolute Gasteiger partial charge is 0.0428 e. The summed E-state index contributed by atoms with van der Waals surface area (Å²) in [5.74, 6) is 0. The molecule has 0 aromatic heterocycles. The normalized spacial score (nSPS) is 14.1. The summed E-state index contributed by atoms with van der Waals surface area (Å²) in [6.07, 6.45) is 0.818. The quantitative estimate of drug-likeness (QED) is 0.465. The Morgan fingerprint density at radius 1 is 1.86 bits per heavy atom. The van der Waals surface area contributed by atoms with Crippen molar-refractivity contribution in [3.63, 3.8) is 0 Å². The Balaban J connectivity index is 2.83. The maximum Gasteiger partial charge on any atom is 0.0428 e. The lowest BCUT2D eigenvalue weighted by Gasteiger charge is -2.06. The van der Waals surface area contributed by atoms with Crippen molar-refractivity contribution in [1.29, 1.82) is 0 Å². The molecule has 2 nitrogen and oxygen atoms in total. The molecule has 1 atom stereocenters. The first kappa shape index (κ1) is 7.14. The molecule has 1 unspecified atom stereocenters. The molecule has 0 amide bonds. The van der Waals surface area contributed by atoms with Crippen LogP contribution in [0.4, 0.5) is 0 Å². The second kappa shape index (κ2) is 4.30. The maximum atomic E-state index is 5.27. The fraction of sp³-hybridized carbons (Fsp3) is 1.00. The zero-order chi connectivity index (χ0) is 5.70. The van der Waals surface area contributed by atoms with E-state index in [1.54, 1.807) is 0 Å². The van der Waals surface area contributed by atoms with Gasteiger partial charge in [-0.3, -0.25) is 0 Å². The Hall–Kier alpha value is 0.137. The van der Waals surface area contributed by atoms with Gasteiger partial charge in [-0.2, -0.15) is 0 Å². The van der Waals surface area contributed by atoms with Crippen LogP contribution in [0, 0.1) is 0 Å². The van der Waals surface area contributed by atoms with Crippen LogP contribution in [-0.4, -0.2) is 29.0 Å². The van der Waals surface area contributed by atoms with E-state index >= 15 is 0 Å². The van der Waals surface area contributed by atoms with E-state index in [1.165, 1.54) is 0 Å². The summed E-state index contributed by atoms with van der Waals surface area (Å²) in [5.41, 5.74) is 5.27. The molecule has 0 bridgehead atoms. The summed E-state index contributed by atoms with van der Waals surface area (Å²) in [5, 5.41) is 3.08. The van der Waals surface area contributed by atoms with Crippen LogP contribution in [0.5, 0.6) is 0 Å². The van der Waals surface area contributed by atoms with Crippen LogP contribution in [0.3, 0.4) is 0 Å². The maximum absolute atomic E-state index is 5.27. The van der Waals surface area contributed by atoms with E-state index < -0.39 is 0 Å². The Morgan fingerprint density at radius 3 is 2.57 bits per heavy atom. The van der Waals surface area contributed by atoms with Gasteiger partial charge in [0, 0.05) is 22.8 Å². The number of rotatable bonds is 3. The molecule has 3 heteroatoms. The van der Waals surface area contributed by atoms with Gasteiger partial charge in [0.1, 0.15) is 0 Å². The number of hydrogen-bond donors (Lipinski definition) is 2. The summed E-state index contributed by atoms with van der Waals surface area (Å²) >= 11 is 0. The van der Waals surface area contributed by atoms with Crippen molar-refractivity contribution in [2.24, 2.45) is 5.73 Å². The van der Waals surface area contributed by atoms with Gasteiger partial charge in [0.2, 0.25) is 0 Å². The average molecular weight is 115 g/mol. The van der Waals surface area contributed by atoms with Crippen molar-refractivity contribution >= 4 is 10.2 Å². The van der Waals surface area contributed by atoms with Crippen LogP contribution in [0.25, 0.3) is 0 Å². The summed E-state index contributed by atoms with van der Waals surface area (Å²) in [4.78, 5) is 0. The molecule has 0 aromatic rings. The molecule has 0 aromatic carbocycles. The molecule has 0 rings (SSSR count). The van der Waals surface area contributed by atoms with Gasteiger partial charge in [-0.1, -0.05) is 0 Å². The Kier molecular flexibility index (Phi) is 4.38. The summed E-state index contributed by atoms with van der Waals surface area (Å²) in [6, 6.07) is 0.428. The highest BCUT2D eigenvalue weighted by Crippen LogP contribution is 1.69. The summed E-state index contributed by atoms with van der Waals surface area (Å²) in [7, 11) is 3.27. The highest BCUT2D eigenvalue weighted by molar-refractivity contribution is 6.08.